The molecule has 4 aromatic rings. The molecule has 0 radical (unpaired) electrons. The Morgan fingerprint density at radius 3 is 2.42 bits per heavy atom. The predicted molar refractivity (Wildman–Crippen MR) is 165 cm³/mol. The Kier molecular flexibility index (Phi) is 7.76. The van der Waals surface area contributed by atoms with E-state index in [0.29, 0.717) is 26.9 Å². The van der Waals surface area contributed by atoms with Crippen LogP contribution in [0.2, 0.25) is 5.02 Å². The lowest BCUT2D eigenvalue weighted by Gasteiger charge is -2.39. The lowest BCUT2D eigenvalue weighted by molar-refractivity contribution is -0.385. The fourth-order valence-electron chi connectivity index (χ4n) is 5.83. The SMILES string of the molecule is COc1ccc(CN2C(c3cc(F)ccc3Cl)c3c([N+](=O)[O-])cc(Br)c4c3C2N(S(=O)(=O)Cc2ccccc2)C=C4)cc1. The lowest BCUT2D eigenvalue weighted by Crippen LogP contribution is -2.41. The zero-order valence-electron chi connectivity index (χ0n) is 22.7. The van der Waals surface area contributed by atoms with Crippen molar-refractivity contribution in [1.82, 2.24) is 9.21 Å². The first kappa shape index (κ1) is 29.3. The van der Waals surface area contributed by atoms with Crippen molar-refractivity contribution in [3.8, 4) is 5.75 Å². The highest BCUT2D eigenvalue weighted by atomic mass is 79.9. The molecule has 220 valence electrons. The van der Waals surface area contributed by atoms with Gasteiger partial charge in [-0.25, -0.2) is 12.8 Å². The van der Waals surface area contributed by atoms with E-state index in [1.54, 1.807) is 55.7 Å². The van der Waals surface area contributed by atoms with Gasteiger partial charge >= 0.3 is 0 Å². The van der Waals surface area contributed by atoms with Gasteiger partial charge in [0.15, 0.2) is 0 Å². The highest BCUT2D eigenvalue weighted by Gasteiger charge is 2.51. The number of halogens is 3. The summed E-state index contributed by atoms with van der Waals surface area (Å²) in [5.74, 6) is -0.236. The Morgan fingerprint density at radius 1 is 1.02 bits per heavy atom. The Bertz CT molecular complexity index is 1870. The lowest BCUT2D eigenvalue weighted by atomic mass is 9.92. The van der Waals surface area contributed by atoms with Gasteiger partial charge in [0, 0.05) is 33.9 Å². The highest BCUT2D eigenvalue weighted by Crippen LogP contribution is 2.57. The van der Waals surface area contributed by atoms with Crippen LogP contribution in [0.1, 0.15) is 45.6 Å². The number of hydrogen-bond donors (Lipinski definition) is 0. The van der Waals surface area contributed by atoms with E-state index in [9.17, 15) is 22.9 Å². The Morgan fingerprint density at radius 2 is 1.74 bits per heavy atom. The minimum atomic E-state index is -4.02. The summed E-state index contributed by atoms with van der Waals surface area (Å²) < 4.78 is 50.0. The van der Waals surface area contributed by atoms with Gasteiger partial charge in [-0.05, 0) is 74.6 Å². The Labute approximate surface area is 261 Å². The molecular weight excluding hydrogens is 661 g/mol. The Balaban J connectivity index is 1.60. The number of sulfonamides is 1. The monoisotopic (exact) mass is 683 g/mol. The molecule has 0 amide bonds. The number of hydrogen-bond acceptors (Lipinski definition) is 6. The number of methoxy groups -OCH3 is 1. The van der Waals surface area contributed by atoms with Crippen LogP contribution in [-0.4, -0.2) is 29.7 Å². The molecule has 2 unspecified atom stereocenters. The molecular formula is C31H24BrClFN3O5S. The van der Waals surface area contributed by atoms with Gasteiger partial charge in [0.25, 0.3) is 5.69 Å². The molecule has 0 bridgehead atoms. The number of benzene rings is 4. The molecule has 0 fully saturated rings. The fourth-order valence-corrected chi connectivity index (χ4v) is 8.15. The summed E-state index contributed by atoms with van der Waals surface area (Å²) in [6.45, 7) is 0.153. The second kappa shape index (κ2) is 11.4. The van der Waals surface area contributed by atoms with Crippen LogP contribution >= 0.6 is 27.5 Å². The van der Waals surface area contributed by atoms with Crippen molar-refractivity contribution in [1.29, 1.82) is 0 Å². The third-order valence-electron chi connectivity index (χ3n) is 7.67. The number of ether oxygens (including phenoxy) is 1. The van der Waals surface area contributed by atoms with Gasteiger partial charge in [-0.15, -0.1) is 0 Å². The number of nitro groups is 1. The fraction of sp³-hybridized carbons (Fsp3) is 0.161. The second-order valence-electron chi connectivity index (χ2n) is 10.2. The van der Waals surface area contributed by atoms with Crippen molar-refractivity contribution in [3.63, 3.8) is 0 Å². The van der Waals surface area contributed by atoms with Crippen molar-refractivity contribution < 1.29 is 22.5 Å². The van der Waals surface area contributed by atoms with Crippen LogP contribution < -0.4 is 4.74 Å². The summed E-state index contributed by atoms with van der Waals surface area (Å²) in [6, 6.07) is 20.3. The van der Waals surface area contributed by atoms with Crippen LogP contribution in [0.15, 0.2) is 89.5 Å². The van der Waals surface area contributed by atoms with E-state index in [2.05, 4.69) is 15.9 Å². The van der Waals surface area contributed by atoms with E-state index in [1.807, 2.05) is 17.0 Å². The van der Waals surface area contributed by atoms with Crippen LogP contribution in [0.3, 0.4) is 0 Å². The van der Waals surface area contributed by atoms with Crippen molar-refractivity contribution in [2.45, 2.75) is 24.5 Å². The first-order valence-corrected chi connectivity index (χ1v) is 15.9. The van der Waals surface area contributed by atoms with Gasteiger partial charge in [-0.1, -0.05) is 54.1 Å². The molecule has 2 heterocycles. The molecule has 43 heavy (non-hydrogen) atoms. The van der Waals surface area contributed by atoms with E-state index >= 15 is 0 Å². The molecule has 2 aliphatic heterocycles. The maximum Gasteiger partial charge on any atom is 0.276 e. The quantitative estimate of drug-likeness (QED) is 0.140. The minimum absolute atomic E-state index is 0.153. The molecule has 0 spiro atoms. The molecule has 4 aromatic carbocycles. The smallest absolute Gasteiger partial charge is 0.276 e. The standard InChI is InChI=1S/C31H24BrClFN3O5S/c1-42-22-10-7-19(8-11-22)17-35-30(24-15-21(34)9-12-26(24)33)29-27(37(38)39)16-25(32)23-13-14-36(31(35)28(23)29)43(40,41)18-20-5-3-2-4-6-20/h2-16,30-31H,17-18H2,1H3. The average Bonchev–Trinajstić information content (AvgIpc) is 3.31. The highest BCUT2D eigenvalue weighted by molar-refractivity contribution is 9.10. The van der Waals surface area contributed by atoms with E-state index in [4.69, 9.17) is 16.3 Å². The summed E-state index contributed by atoms with van der Waals surface area (Å²) in [6.07, 6.45) is 2.13. The van der Waals surface area contributed by atoms with Gasteiger partial charge in [-0.2, -0.15) is 0 Å². The zero-order chi connectivity index (χ0) is 30.5. The van der Waals surface area contributed by atoms with Crippen molar-refractivity contribution in [2.75, 3.05) is 7.11 Å². The minimum Gasteiger partial charge on any atom is -0.497 e. The third kappa shape index (κ3) is 5.31. The average molecular weight is 685 g/mol. The molecule has 0 saturated carbocycles. The number of nitro benzene ring substituents is 1. The first-order chi connectivity index (χ1) is 20.6. The number of nitrogens with zero attached hydrogens (tertiary/aromatic N) is 3. The summed E-state index contributed by atoms with van der Waals surface area (Å²) in [4.78, 5) is 13.8. The molecule has 8 nitrogen and oxygen atoms in total. The maximum absolute atomic E-state index is 14.8. The molecule has 0 aromatic heterocycles. The van der Waals surface area contributed by atoms with Crippen LogP contribution in [0, 0.1) is 15.9 Å². The summed E-state index contributed by atoms with van der Waals surface area (Å²) in [7, 11) is -2.47. The molecule has 0 N–H and O–H groups in total. The van der Waals surface area contributed by atoms with Gasteiger partial charge in [0.05, 0.1) is 29.4 Å². The maximum atomic E-state index is 14.8. The van der Waals surface area contributed by atoms with Gasteiger partial charge in [0.1, 0.15) is 17.7 Å². The zero-order valence-corrected chi connectivity index (χ0v) is 25.8. The van der Waals surface area contributed by atoms with E-state index in [-0.39, 0.29) is 34.1 Å². The second-order valence-corrected chi connectivity index (χ2v) is 13.4. The van der Waals surface area contributed by atoms with Crippen molar-refractivity contribution in [2.24, 2.45) is 0 Å². The van der Waals surface area contributed by atoms with Gasteiger partial charge in [0.2, 0.25) is 10.0 Å². The van der Waals surface area contributed by atoms with Crippen LogP contribution in [0.4, 0.5) is 10.1 Å². The topological polar surface area (TPSA) is 93.0 Å². The molecule has 0 saturated heterocycles. The summed E-state index contributed by atoms with van der Waals surface area (Å²) >= 11 is 10.1. The van der Waals surface area contributed by atoms with Crippen molar-refractivity contribution >= 4 is 49.3 Å². The third-order valence-corrected chi connectivity index (χ3v) is 10.3. The predicted octanol–water partition coefficient (Wildman–Crippen LogP) is 7.58. The van der Waals surface area contributed by atoms with Crippen molar-refractivity contribution in [3.05, 3.63) is 144 Å². The van der Waals surface area contributed by atoms with Crippen LogP contribution in [-0.2, 0) is 22.3 Å². The van der Waals surface area contributed by atoms with Crippen LogP contribution in [0.25, 0.3) is 6.08 Å². The molecule has 6 rings (SSSR count). The summed E-state index contributed by atoms with van der Waals surface area (Å²) in [5.41, 5.74) is 2.74. The normalized spacial score (nSPS) is 17.6. The molecule has 2 aliphatic rings. The molecule has 0 aliphatic carbocycles. The first-order valence-electron chi connectivity index (χ1n) is 13.2. The van der Waals surface area contributed by atoms with E-state index < -0.39 is 33.0 Å². The van der Waals surface area contributed by atoms with Gasteiger partial charge < -0.3 is 4.74 Å². The van der Waals surface area contributed by atoms with Gasteiger partial charge in [-0.3, -0.25) is 19.3 Å². The largest absolute Gasteiger partial charge is 0.497 e. The molecule has 2 atom stereocenters. The van der Waals surface area contributed by atoms with E-state index in [1.165, 1.54) is 34.8 Å². The van der Waals surface area contributed by atoms with Crippen LogP contribution in [0.5, 0.6) is 5.75 Å². The summed E-state index contributed by atoms with van der Waals surface area (Å²) in [5, 5.41) is 12.7. The molecule has 12 heteroatoms. The Hall–Kier alpha value is -3.77. The number of rotatable bonds is 8. The van der Waals surface area contributed by atoms with E-state index in [0.717, 1.165) is 5.56 Å².